The lowest BCUT2D eigenvalue weighted by Crippen LogP contribution is -2.09. The average molecular weight is 369 g/mol. The molecule has 0 atom stereocenters. The zero-order chi connectivity index (χ0) is 18.4. The van der Waals surface area contributed by atoms with Crippen LogP contribution >= 0.6 is 11.8 Å². The van der Waals surface area contributed by atoms with E-state index in [1.54, 1.807) is 24.4 Å². The molecule has 6 nitrogen and oxygen atoms in total. The monoisotopic (exact) mass is 369 g/mol. The first-order chi connectivity index (χ1) is 12.7. The summed E-state index contributed by atoms with van der Waals surface area (Å²) in [7, 11) is 1.25. The van der Waals surface area contributed by atoms with Crippen LogP contribution in [0.3, 0.4) is 0 Å². The molecule has 0 radical (unpaired) electrons. The first kappa shape index (κ1) is 17.8. The smallest absolute Gasteiger partial charge is 0.374 e. The van der Waals surface area contributed by atoms with Gasteiger partial charge in [0.25, 0.3) is 0 Å². The summed E-state index contributed by atoms with van der Waals surface area (Å²) in [5.41, 5.74) is 0.788. The van der Waals surface area contributed by atoms with Crippen LogP contribution in [-0.2, 0) is 16.1 Å². The quantitative estimate of drug-likeness (QED) is 0.608. The number of esters is 2. The van der Waals surface area contributed by atoms with Crippen molar-refractivity contribution < 1.29 is 23.5 Å². The van der Waals surface area contributed by atoms with E-state index in [4.69, 9.17) is 9.15 Å². The van der Waals surface area contributed by atoms with Gasteiger partial charge in [-0.3, -0.25) is 0 Å². The summed E-state index contributed by atoms with van der Waals surface area (Å²) in [6.07, 6.45) is 2.96. The molecule has 0 unspecified atom stereocenters. The second-order valence-corrected chi connectivity index (χ2v) is 6.18. The number of rotatable bonds is 6. The van der Waals surface area contributed by atoms with Gasteiger partial charge >= 0.3 is 11.9 Å². The normalized spacial score (nSPS) is 10.3. The number of carbonyl (C=O) groups is 2. The number of methoxy groups -OCH3 is 1. The summed E-state index contributed by atoms with van der Waals surface area (Å²) in [6.45, 7) is -0.107. The predicted octanol–water partition coefficient (Wildman–Crippen LogP) is 3.97. The van der Waals surface area contributed by atoms with E-state index >= 15 is 0 Å². The van der Waals surface area contributed by atoms with Gasteiger partial charge in [0, 0.05) is 16.7 Å². The summed E-state index contributed by atoms with van der Waals surface area (Å²) < 4.78 is 15.0. The van der Waals surface area contributed by atoms with E-state index in [-0.39, 0.29) is 12.4 Å². The molecule has 132 valence electrons. The molecule has 0 aliphatic rings. The number of pyridine rings is 1. The summed E-state index contributed by atoms with van der Waals surface area (Å²) in [5, 5.41) is 0.545. The zero-order valence-corrected chi connectivity index (χ0v) is 14.7. The Bertz CT molecular complexity index is 907. The largest absolute Gasteiger partial charge is 0.463 e. The van der Waals surface area contributed by atoms with Gasteiger partial charge < -0.3 is 13.9 Å². The summed E-state index contributed by atoms with van der Waals surface area (Å²) in [5.74, 6) is -1.14. The minimum atomic E-state index is -0.622. The second kappa shape index (κ2) is 8.35. The first-order valence-corrected chi connectivity index (χ1v) is 8.50. The number of nitrogens with zero attached hydrogens (tertiary/aromatic N) is 1. The van der Waals surface area contributed by atoms with Crippen molar-refractivity contribution in [2.24, 2.45) is 0 Å². The fraction of sp³-hybridized carbons (Fsp3) is 0.105. The number of benzene rings is 1. The van der Waals surface area contributed by atoms with Gasteiger partial charge in [0.15, 0.2) is 0 Å². The molecule has 7 heteroatoms. The van der Waals surface area contributed by atoms with E-state index in [0.29, 0.717) is 16.2 Å². The molecular formula is C19H15NO5S. The lowest BCUT2D eigenvalue weighted by atomic mass is 10.2. The van der Waals surface area contributed by atoms with Crippen LogP contribution in [0.25, 0.3) is 0 Å². The van der Waals surface area contributed by atoms with Gasteiger partial charge in [0.2, 0.25) is 5.76 Å². The Hall–Kier alpha value is -3.06. The van der Waals surface area contributed by atoms with E-state index < -0.39 is 11.9 Å². The third-order valence-electron chi connectivity index (χ3n) is 3.43. The van der Waals surface area contributed by atoms with Crippen molar-refractivity contribution in [3.63, 3.8) is 0 Å². The van der Waals surface area contributed by atoms with E-state index in [2.05, 4.69) is 9.72 Å². The molecule has 2 aromatic heterocycles. The van der Waals surface area contributed by atoms with Crippen molar-refractivity contribution >= 4 is 23.7 Å². The van der Waals surface area contributed by atoms with Gasteiger partial charge in [-0.25, -0.2) is 14.6 Å². The van der Waals surface area contributed by atoms with Crippen molar-refractivity contribution in [2.75, 3.05) is 7.11 Å². The SMILES string of the molecule is COC(=O)c1occc1COC(=O)c1cccnc1Sc1ccccc1. The Morgan fingerprint density at radius 1 is 1.08 bits per heavy atom. The maximum absolute atomic E-state index is 12.5. The Kier molecular flexibility index (Phi) is 5.70. The lowest BCUT2D eigenvalue weighted by Gasteiger charge is -2.08. The summed E-state index contributed by atoms with van der Waals surface area (Å²) >= 11 is 1.37. The molecule has 0 saturated heterocycles. The zero-order valence-electron chi connectivity index (χ0n) is 13.9. The van der Waals surface area contributed by atoms with Gasteiger partial charge in [-0.05, 0) is 30.3 Å². The Morgan fingerprint density at radius 3 is 2.65 bits per heavy atom. The number of hydrogen-bond donors (Lipinski definition) is 0. The van der Waals surface area contributed by atoms with Gasteiger partial charge in [-0.2, -0.15) is 0 Å². The lowest BCUT2D eigenvalue weighted by molar-refractivity contribution is 0.0449. The summed E-state index contributed by atoms with van der Waals surface area (Å²) in [4.78, 5) is 29.3. The van der Waals surface area contributed by atoms with Crippen LogP contribution in [0.1, 0.15) is 26.5 Å². The Labute approximate surface area is 154 Å². The summed E-state index contributed by atoms with van der Waals surface area (Å²) in [6, 6.07) is 14.5. The van der Waals surface area contributed by atoms with Gasteiger partial charge in [0.1, 0.15) is 11.6 Å². The molecule has 0 bridgehead atoms. The molecule has 1 aromatic carbocycles. The van der Waals surface area contributed by atoms with Crippen molar-refractivity contribution in [3.05, 3.63) is 77.9 Å². The third-order valence-corrected chi connectivity index (χ3v) is 4.45. The van der Waals surface area contributed by atoms with E-state index in [1.165, 1.54) is 25.1 Å². The van der Waals surface area contributed by atoms with Crippen molar-refractivity contribution in [1.29, 1.82) is 0 Å². The highest BCUT2D eigenvalue weighted by Gasteiger charge is 2.19. The fourth-order valence-corrected chi connectivity index (χ4v) is 3.06. The molecule has 0 spiro atoms. The van der Waals surface area contributed by atoms with Gasteiger partial charge in [-0.15, -0.1) is 0 Å². The van der Waals surface area contributed by atoms with Crippen LogP contribution in [0.5, 0.6) is 0 Å². The van der Waals surface area contributed by atoms with Crippen LogP contribution in [0.2, 0.25) is 0 Å². The highest BCUT2D eigenvalue weighted by Crippen LogP contribution is 2.29. The predicted molar refractivity (Wildman–Crippen MR) is 94.0 cm³/mol. The molecule has 0 N–H and O–H groups in total. The van der Waals surface area contributed by atoms with Crippen LogP contribution in [0, 0.1) is 0 Å². The highest BCUT2D eigenvalue weighted by molar-refractivity contribution is 7.99. The molecule has 0 fully saturated rings. The molecule has 3 rings (SSSR count). The molecule has 2 heterocycles. The maximum Gasteiger partial charge on any atom is 0.374 e. The Balaban J connectivity index is 1.73. The van der Waals surface area contributed by atoms with E-state index in [1.807, 2.05) is 30.3 Å². The average Bonchev–Trinajstić information content (AvgIpc) is 3.15. The topological polar surface area (TPSA) is 78.6 Å². The molecule has 3 aromatic rings. The second-order valence-electron chi connectivity index (χ2n) is 5.11. The Morgan fingerprint density at radius 2 is 1.88 bits per heavy atom. The van der Waals surface area contributed by atoms with E-state index in [9.17, 15) is 9.59 Å². The maximum atomic E-state index is 12.5. The minimum Gasteiger partial charge on any atom is -0.463 e. The standard InChI is InChI=1S/C19H15NO5S/c1-23-19(22)16-13(9-11-24-16)12-25-18(21)15-8-5-10-20-17(15)26-14-6-3-2-4-7-14/h2-11H,12H2,1H3. The van der Waals surface area contributed by atoms with Crippen molar-refractivity contribution in [1.82, 2.24) is 4.98 Å². The fourth-order valence-electron chi connectivity index (χ4n) is 2.17. The minimum absolute atomic E-state index is 0.0189. The molecule has 0 saturated carbocycles. The molecule has 26 heavy (non-hydrogen) atoms. The number of hydrogen-bond acceptors (Lipinski definition) is 7. The van der Waals surface area contributed by atoms with Crippen molar-refractivity contribution in [2.45, 2.75) is 16.5 Å². The highest BCUT2D eigenvalue weighted by atomic mass is 32.2. The number of ether oxygens (including phenoxy) is 2. The number of aromatic nitrogens is 1. The van der Waals surface area contributed by atoms with Crippen molar-refractivity contribution in [3.8, 4) is 0 Å². The van der Waals surface area contributed by atoms with Crippen LogP contribution in [0.15, 0.2) is 75.3 Å². The first-order valence-electron chi connectivity index (χ1n) is 7.68. The van der Waals surface area contributed by atoms with Crippen LogP contribution in [0.4, 0.5) is 0 Å². The van der Waals surface area contributed by atoms with Crippen LogP contribution in [-0.4, -0.2) is 24.0 Å². The van der Waals surface area contributed by atoms with E-state index in [0.717, 1.165) is 4.90 Å². The van der Waals surface area contributed by atoms with Gasteiger partial charge in [-0.1, -0.05) is 30.0 Å². The molecular weight excluding hydrogens is 354 g/mol. The number of carbonyl (C=O) groups excluding carboxylic acids is 2. The van der Waals surface area contributed by atoms with Gasteiger partial charge in [0.05, 0.1) is 18.9 Å². The molecule has 0 aliphatic heterocycles. The third kappa shape index (κ3) is 4.12. The molecule has 0 amide bonds. The molecule has 0 aliphatic carbocycles. The number of furan rings is 1. The van der Waals surface area contributed by atoms with Crippen LogP contribution < -0.4 is 0 Å².